The maximum absolute atomic E-state index is 11.4. The van der Waals surface area contributed by atoms with Crippen molar-refractivity contribution in [3.8, 4) is 0 Å². The topological polar surface area (TPSA) is 49.8 Å². The first-order valence-corrected chi connectivity index (χ1v) is 4.58. The molecule has 0 saturated carbocycles. The number of hydrogen-bond donors (Lipinski definition) is 1. The lowest BCUT2D eigenvalue weighted by molar-refractivity contribution is -0.177. The molecule has 1 fully saturated rings. The van der Waals surface area contributed by atoms with Gasteiger partial charge < -0.3 is 9.94 Å². The van der Waals surface area contributed by atoms with Crippen molar-refractivity contribution in [3.05, 3.63) is 0 Å². The summed E-state index contributed by atoms with van der Waals surface area (Å²) in [6.45, 7) is 6.02. The quantitative estimate of drug-likeness (QED) is 0.687. The predicted octanol–water partition coefficient (Wildman–Crippen LogP) is 1.60. The van der Waals surface area contributed by atoms with Crippen molar-refractivity contribution < 1.29 is 14.7 Å². The molecule has 1 saturated heterocycles. The average Bonchev–Trinajstić information content (AvgIpc) is 2.30. The van der Waals surface area contributed by atoms with Gasteiger partial charge in [0.25, 0.3) is 0 Å². The van der Waals surface area contributed by atoms with Gasteiger partial charge in [-0.1, -0.05) is 0 Å². The molecule has 84 valence electrons. The van der Waals surface area contributed by atoms with E-state index in [2.05, 4.69) is 0 Å². The van der Waals surface area contributed by atoms with E-state index in [1.54, 1.807) is 0 Å². The number of halogens is 1. The van der Waals surface area contributed by atoms with E-state index in [1.807, 2.05) is 20.8 Å². The third-order valence-corrected chi connectivity index (χ3v) is 1.90. The third kappa shape index (κ3) is 3.82. The molecule has 0 amide bonds. The minimum absolute atomic E-state index is 0. The average molecular weight is 224 g/mol. The van der Waals surface area contributed by atoms with E-state index in [9.17, 15) is 10.0 Å². The van der Waals surface area contributed by atoms with Crippen LogP contribution in [0.15, 0.2) is 0 Å². The van der Waals surface area contributed by atoms with Gasteiger partial charge in [0.2, 0.25) is 0 Å². The Balaban J connectivity index is 0.00000169. The molecule has 14 heavy (non-hydrogen) atoms. The zero-order chi connectivity index (χ0) is 10.1. The van der Waals surface area contributed by atoms with Gasteiger partial charge in [0, 0.05) is 6.54 Å². The SMILES string of the molecule is CC(C)(C)OC(=O)C1CCCN1O.Cl. The fourth-order valence-corrected chi connectivity index (χ4v) is 1.36. The first kappa shape index (κ1) is 13.7. The van der Waals surface area contributed by atoms with Gasteiger partial charge in [-0.15, -0.1) is 12.4 Å². The summed E-state index contributed by atoms with van der Waals surface area (Å²) in [5.74, 6) is -0.326. The lowest BCUT2D eigenvalue weighted by Crippen LogP contribution is -2.38. The van der Waals surface area contributed by atoms with Crippen LogP contribution in [0, 0.1) is 0 Å². The molecular weight excluding hydrogens is 206 g/mol. The zero-order valence-corrected chi connectivity index (χ0v) is 9.63. The zero-order valence-electron chi connectivity index (χ0n) is 8.82. The molecule has 0 bridgehead atoms. The van der Waals surface area contributed by atoms with Crippen LogP contribution in [0.4, 0.5) is 0 Å². The Morgan fingerprint density at radius 3 is 2.43 bits per heavy atom. The summed E-state index contributed by atoms with van der Waals surface area (Å²) in [7, 11) is 0. The van der Waals surface area contributed by atoms with Crippen LogP contribution in [-0.4, -0.2) is 34.4 Å². The maximum atomic E-state index is 11.4. The van der Waals surface area contributed by atoms with Crippen LogP contribution in [0.5, 0.6) is 0 Å². The van der Waals surface area contributed by atoms with Gasteiger partial charge in [-0.3, -0.25) is 4.79 Å². The number of nitrogens with zero attached hydrogens (tertiary/aromatic N) is 1. The summed E-state index contributed by atoms with van der Waals surface area (Å²) in [6.07, 6.45) is 1.53. The number of carbonyl (C=O) groups excluding carboxylic acids is 1. The molecule has 1 rings (SSSR count). The molecule has 1 unspecified atom stereocenters. The monoisotopic (exact) mass is 223 g/mol. The second-order valence-electron chi connectivity index (χ2n) is 4.35. The highest BCUT2D eigenvalue weighted by molar-refractivity contribution is 5.85. The van der Waals surface area contributed by atoms with Gasteiger partial charge in [0.05, 0.1) is 0 Å². The highest BCUT2D eigenvalue weighted by atomic mass is 35.5. The van der Waals surface area contributed by atoms with Crippen LogP contribution in [0.25, 0.3) is 0 Å². The van der Waals surface area contributed by atoms with Crippen LogP contribution in [-0.2, 0) is 9.53 Å². The summed E-state index contributed by atoms with van der Waals surface area (Å²) in [5, 5.41) is 10.4. The van der Waals surface area contributed by atoms with Gasteiger partial charge in [-0.2, -0.15) is 5.06 Å². The van der Waals surface area contributed by atoms with Gasteiger partial charge in [0.15, 0.2) is 0 Å². The Morgan fingerprint density at radius 2 is 2.07 bits per heavy atom. The Morgan fingerprint density at radius 1 is 1.50 bits per heavy atom. The molecule has 5 heteroatoms. The van der Waals surface area contributed by atoms with Crippen molar-refractivity contribution >= 4 is 18.4 Å². The van der Waals surface area contributed by atoms with Crippen molar-refractivity contribution in [1.29, 1.82) is 0 Å². The fraction of sp³-hybridized carbons (Fsp3) is 0.889. The van der Waals surface area contributed by atoms with Gasteiger partial charge >= 0.3 is 5.97 Å². The van der Waals surface area contributed by atoms with Gasteiger partial charge in [0.1, 0.15) is 11.6 Å². The normalized spacial score (nSPS) is 23.0. The van der Waals surface area contributed by atoms with Crippen molar-refractivity contribution in [2.24, 2.45) is 0 Å². The van der Waals surface area contributed by atoms with Crippen LogP contribution >= 0.6 is 12.4 Å². The molecule has 0 aliphatic carbocycles. The van der Waals surface area contributed by atoms with Crippen LogP contribution < -0.4 is 0 Å². The maximum Gasteiger partial charge on any atom is 0.326 e. The Kier molecular flexibility index (Phi) is 4.84. The minimum atomic E-state index is -0.472. The van der Waals surface area contributed by atoms with E-state index in [0.29, 0.717) is 13.0 Å². The number of esters is 1. The largest absolute Gasteiger partial charge is 0.459 e. The number of hydrogen-bond acceptors (Lipinski definition) is 4. The van der Waals surface area contributed by atoms with Crippen molar-refractivity contribution in [3.63, 3.8) is 0 Å². The number of rotatable bonds is 1. The number of ether oxygens (including phenoxy) is 1. The van der Waals surface area contributed by atoms with Crippen molar-refractivity contribution in [2.45, 2.75) is 45.3 Å². The van der Waals surface area contributed by atoms with Gasteiger partial charge in [-0.25, -0.2) is 0 Å². The molecule has 1 atom stereocenters. The molecule has 1 heterocycles. The molecule has 1 aliphatic heterocycles. The van der Waals surface area contributed by atoms with E-state index < -0.39 is 11.6 Å². The standard InChI is InChI=1S/C9H17NO3.ClH/c1-9(2,3)13-8(11)7-5-4-6-10(7)12;/h7,12H,4-6H2,1-3H3;1H. The van der Waals surface area contributed by atoms with E-state index in [4.69, 9.17) is 4.74 Å². The molecule has 1 aliphatic rings. The number of carbonyl (C=O) groups is 1. The molecule has 0 aromatic carbocycles. The van der Waals surface area contributed by atoms with Gasteiger partial charge in [-0.05, 0) is 33.6 Å². The first-order valence-electron chi connectivity index (χ1n) is 4.58. The third-order valence-electron chi connectivity index (χ3n) is 1.90. The Bertz CT molecular complexity index is 203. The fourth-order valence-electron chi connectivity index (χ4n) is 1.36. The summed E-state index contributed by atoms with van der Waals surface area (Å²) in [5.41, 5.74) is -0.472. The van der Waals surface area contributed by atoms with Crippen LogP contribution in [0.3, 0.4) is 0 Å². The Labute approximate surface area is 90.6 Å². The first-order chi connectivity index (χ1) is 5.90. The lowest BCUT2D eigenvalue weighted by atomic mass is 10.2. The van der Waals surface area contributed by atoms with Crippen LogP contribution in [0.2, 0.25) is 0 Å². The smallest absolute Gasteiger partial charge is 0.326 e. The molecule has 0 aromatic heterocycles. The van der Waals surface area contributed by atoms with E-state index in [0.717, 1.165) is 11.5 Å². The molecule has 1 N–H and O–H groups in total. The lowest BCUT2D eigenvalue weighted by Gasteiger charge is -2.24. The molecule has 0 radical (unpaired) electrons. The highest BCUT2D eigenvalue weighted by Crippen LogP contribution is 2.18. The molecule has 0 spiro atoms. The Hall–Kier alpha value is -0.320. The van der Waals surface area contributed by atoms with E-state index in [1.165, 1.54) is 0 Å². The molecule has 0 aromatic rings. The van der Waals surface area contributed by atoms with E-state index >= 15 is 0 Å². The second-order valence-corrected chi connectivity index (χ2v) is 4.35. The second kappa shape index (κ2) is 4.96. The van der Waals surface area contributed by atoms with Crippen molar-refractivity contribution in [1.82, 2.24) is 5.06 Å². The summed E-state index contributed by atoms with van der Waals surface area (Å²) >= 11 is 0. The summed E-state index contributed by atoms with van der Waals surface area (Å²) < 4.78 is 5.15. The highest BCUT2D eigenvalue weighted by Gasteiger charge is 2.33. The predicted molar refractivity (Wildman–Crippen MR) is 54.6 cm³/mol. The molecule has 4 nitrogen and oxygen atoms in total. The van der Waals surface area contributed by atoms with Crippen LogP contribution in [0.1, 0.15) is 33.6 Å². The summed E-state index contributed by atoms with van der Waals surface area (Å²) in [6, 6.07) is -0.459. The van der Waals surface area contributed by atoms with E-state index in [-0.39, 0.29) is 18.4 Å². The number of hydroxylamine groups is 2. The minimum Gasteiger partial charge on any atom is -0.459 e. The summed E-state index contributed by atoms with van der Waals surface area (Å²) in [4.78, 5) is 11.4. The molecular formula is C9H18ClNO3. The van der Waals surface area contributed by atoms with Crippen molar-refractivity contribution in [2.75, 3.05) is 6.54 Å².